The number of aromatic nitrogens is 1. The minimum Gasteiger partial charge on any atom is -0.541 e. The van der Waals surface area contributed by atoms with Gasteiger partial charge in [-0.3, -0.25) is 0 Å². The molecule has 0 fully saturated rings. The van der Waals surface area contributed by atoms with Crippen LogP contribution in [-0.2, 0) is 19.1 Å². The normalized spacial score (nSPS) is 12.9. The molecule has 1 aromatic heterocycles. The van der Waals surface area contributed by atoms with E-state index in [1.165, 1.54) is 15.0 Å². The van der Waals surface area contributed by atoms with E-state index in [1.807, 2.05) is 0 Å². The number of nitrogens with zero attached hydrogens (tertiary/aromatic N) is 2. The summed E-state index contributed by atoms with van der Waals surface area (Å²) in [4.78, 5) is 30.9. The third kappa shape index (κ3) is 3.93. The lowest BCUT2D eigenvalue weighted by atomic mass is 10.3. The summed E-state index contributed by atoms with van der Waals surface area (Å²) >= 11 is 6.98. The van der Waals surface area contributed by atoms with Crippen molar-refractivity contribution in [3.8, 4) is 0 Å². The van der Waals surface area contributed by atoms with E-state index in [4.69, 9.17) is 21.5 Å². The molecule has 1 heterocycles. The fraction of sp³-hybridized carbons (Fsp3) is 0.333. The number of oxime groups is 1. The molecule has 1 N–H and O–H groups in total. The standard InChI is InChI=1S/C9H10BClN2O5S/c1-3(9(16)17-10)18-13-6(8(14)15)5-7(11)19-4(2)12-5/h3H,10H2,1-2H3,(H,14,15)/b13-6-/t3-/m1/s1. The van der Waals surface area contributed by atoms with E-state index in [-0.39, 0.29) is 10.0 Å². The highest BCUT2D eigenvalue weighted by Crippen LogP contribution is 2.24. The molecule has 1 rings (SSSR count). The summed E-state index contributed by atoms with van der Waals surface area (Å²) in [6, 6.07) is 0. The third-order valence-electron chi connectivity index (χ3n) is 1.95. The lowest BCUT2D eigenvalue weighted by Gasteiger charge is -2.07. The number of carboxylic acids is 1. The molecular formula is C9H10BClN2O5S. The molecule has 10 heteroatoms. The van der Waals surface area contributed by atoms with Gasteiger partial charge in [0.05, 0.1) is 5.01 Å². The van der Waals surface area contributed by atoms with Crippen LogP contribution >= 0.6 is 22.9 Å². The van der Waals surface area contributed by atoms with Gasteiger partial charge in [0.1, 0.15) is 10.0 Å². The van der Waals surface area contributed by atoms with Crippen molar-refractivity contribution in [1.82, 2.24) is 4.98 Å². The summed E-state index contributed by atoms with van der Waals surface area (Å²) in [7, 11) is 1.19. The molecule has 0 saturated carbocycles. The Labute approximate surface area is 118 Å². The first-order chi connectivity index (χ1) is 8.86. The van der Waals surface area contributed by atoms with E-state index in [0.717, 1.165) is 11.3 Å². The molecule has 7 nitrogen and oxygen atoms in total. The van der Waals surface area contributed by atoms with Crippen LogP contribution in [0.4, 0.5) is 0 Å². The highest BCUT2D eigenvalue weighted by Gasteiger charge is 2.22. The average molecular weight is 305 g/mol. The lowest BCUT2D eigenvalue weighted by Crippen LogP contribution is -2.23. The monoisotopic (exact) mass is 304 g/mol. The first-order valence-electron chi connectivity index (χ1n) is 5.05. The van der Waals surface area contributed by atoms with Crippen molar-refractivity contribution < 1.29 is 24.2 Å². The van der Waals surface area contributed by atoms with Gasteiger partial charge in [0.15, 0.2) is 0 Å². The molecule has 0 radical (unpaired) electrons. The second kappa shape index (κ2) is 6.53. The molecule has 0 saturated heterocycles. The van der Waals surface area contributed by atoms with Crippen molar-refractivity contribution in [3.05, 3.63) is 15.0 Å². The number of carbonyl (C=O) groups excluding carboxylic acids is 1. The zero-order valence-corrected chi connectivity index (χ0v) is 11.9. The quantitative estimate of drug-likeness (QED) is 0.480. The summed E-state index contributed by atoms with van der Waals surface area (Å²) in [6.45, 7) is 3.06. The van der Waals surface area contributed by atoms with Gasteiger partial charge in [-0.2, -0.15) is 0 Å². The Morgan fingerprint density at radius 2 is 2.21 bits per heavy atom. The number of rotatable bonds is 5. The number of hydrogen-bond acceptors (Lipinski definition) is 7. The summed E-state index contributed by atoms with van der Waals surface area (Å²) in [5, 5.41) is 13.1. The van der Waals surface area contributed by atoms with Crippen LogP contribution in [0.5, 0.6) is 0 Å². The molecule has 19 heavy (non-hydrogen) atoms. The molecule has 0 amide bonds. The molecule has 0 bridgehead atoms. The van der Waals surface area contributed by atoms with E-state index < -0.39 is 23.8 Å². The van der Waals surface area contributed by atoms with Gasteiger partial charge in [0.25, 0.3) is 0 Å². The van der Waals surface area contributed by atoms with Crippen molar-refractivity contribution in [3.63, 3.8) is 0 Å². The van der Waals surface area contributed by atoms with Gasteiger partial charge in [0.2, 0.25) is 11.8 Å². The largest absolute Gasteiger partial charge is 0.541 e. The van der Waals surface area contributed by atoms with Crippen LogP contribution in [0, 0.1) is 6.92 Å². The fourth-order valence-corrected chi connectivity index (χ4v) is 2.17. The van der Waals surface area contributed by atoms with Crippen LogP contribution in [0.2, 0.25) is 4.34 Å². The van der Waals surface area contributed by atoms with E-state index in [0.29, 0.717) is 5.01 Å². The van der Waals surface area contributed by atoms with Gasteiger partial charge in [-0.05, 0) is 13.8 Å². The molecule has 0 aliphatic heterocycles. The van der Waals surface area contributed by atoms with Crippen LogP contribution in [-0.4, -0.2) is 41.9 Å². The second-order valence-electron chi connectivity index (χ2n) is 3.37. The number of thiazole rings is 1. The maximum atomic E-state index is 11.1. The molecular weight excluding hydrogens is 294 g/mol. The molecule has 0 spiro atoms. The SMILES string of the molecule is BOC(=O)[C@@H](C)O/N=C(\C(=O)O)c1nc(C)sc1Cl. The third-order valence-corrected chi connectivity index (χ3v) is 3.12. The molecule has 0 aliphatic carbocycles. The first-order valence-corrected chi connectivity index (χ1v) is 6.24. The Kier molecular flexibility index (Phi) is 5.31. The van der Waals surface area contributed by atoms with E-state index in [1.54, 1.807) is 6.92 Å². The predicted octanol–water partition coefficient (Wildman–Crippen LogP) is 0.390. The van der Waals surface area contributed by atoms with Gasteiger partial charge in [0, 0.05) is 0 Å². The maximum absolute atomic E-state index is 11.1. The molecule has 102 valence electrons. The maximum Gasteiger partial charge on any atom is 0.360 e. The zero-order valence-electron chi connectivity index (χ0n) is 10.3. The minimum absolute atomic E-state index is 0.00809. The van der Waals surface area contributed by atoms with Gasteiger partial charge in [-0.1, -0.05) is 16.8 Å². The Balaban J connectivity index is 2.99. The highest BCUT2D eigenvalue weighted by atomic mass is 35.5. The number of halogens is 1. The highest BCUT2D eigenvalue weighted by molar-refractivity contribution is 7.16. The molecule has 1 aromatic rings. The lowest BCUT2D eigenvalue weighted by molar-refractivity contribution is -0.146. The van der Waals surface area contributed by atoms with Crippen molar-refractivity contribution in [2.75, 3.05) is 0 Å². The van der Waals surface area contributed by atoms with E-state index in [9.17, 15) is 9.59 Å². The topological polar surface area (TPSA) is 98.1 Å². The van der Waals surface area contributed by atoms with Crippen molar-refractivity contribution in [1.29, 1.82) is 0 Å². The van der Waals surface area contributed by atoms with Gasteiger partial charge in [-0.15, -0.1) is 11.3 Å². The zero-order chi connectivity index (χ0) is 14.6. The van der Waals surface area contributed by atoms with Gasteiger partial charge >= 0.3 is 20.0 Å². The van der Waals surface area contributed by atoms with E-state index in [2.05, 4.69) is 14.8 Å². The Hall–Kier alpha value is -1.61. The van der Waals surface area contributed by atoms with Crippen LogP contribution in [0.15, 0.2) is 5.16 Å². The van der Waals surface area contributed by atoms with Crippen molar-refractivity contribution in [2.24, 2.45) is 5.16 Å². The van der Waals surface area contributed by atoms with Gasteiger partial charge in [-0.25, -0.2) is 14.6 Å². The number of hydrogen-bond donors (Lipinski definition) is 1. The number of aliphatic carboxylic acids is 1. The van der Waals surface area contributed by atoms with Crippen LogP contribution in [0.25, 0.3) is 0 Å². The van der Waals surface area contributed by atoms with Crippen molar-refractivity contribution in [2.45, 2.75) is 20.0 Å². The average Bonchev–Trinajstić information content (AvgIpc) is 2.67. The Morgan fingerprint density at radius 1 is 1.58 bits per heavy atom. The fourth-order valence-electron chi connectivity index (χ4n) is 1.07. The van der Waals surface area contributed by atoms with Crippen molar-refractivity contribution >= 4 is 48.6 Å². The minimum atomic E-state index is -1.36. The molecule has 1 atom stereocenters. The summed E-state index contributed by atoms with van der Waals surface area (Å²) < 4.78 is 4.61. The summed E-state index contributed by atoms with van der Waals surface area (Å²) in [5.41, 5.74) is -0.459. The molecule has 0 aliphatic rings. The van der Waals surface area contributed by atoms with E-state index >= 15 is 0 Å². The number of carbonyl (C=O) groups is 2. The molecule has 0 unspecified atom stereocenters. The van der Waals surface area contributed by atoms with Gasteiger partial charge < -0.3 is 14.6 Å². The van der Waals surface area contributed by atoms with Crippen LogP contribution < -0.4 is 0 Å². The Bertz CT molecular complexity index is 533. The summed E-state index contributed by atoms with van der Waals surface area (Å²) in [5.74, 6) is -2.03. The first kappa shape index (κ1) is 15.5. The Morgan fingerprint density at radius 3 is 2.63 bits per heavy atom. The number of aryl methyl sites for hydroxylation is 1. The van der Waals surface area contributed by atoms with Crippen LogP contribution in [0.1, 0.15) is 17.6 Å². The smallest absolute Gasteiger partial charge is 0.360 e. The second-order valence-corrected chi connectivity index (χ2v) is 5.18. The summed E-state index contributed by atoms with van der Waals surface area (Å²) in [6.07, 6.45) is -1.03. The number of carboxylic acid groups (broad SMARTS) is 1. The molecule has 0 aromatic carbocycles. The predicted molar refractivity (Wildman–Crippen MR) is 71.2 cm³/mol. The van der Waals surface area contributed by atoms with Crippen LogP contribution in [0.3, 0.4) is 0 Å².